The summed E-state index contributed by atoms with van der Waals surface area (Å²) in [6.07, 6.45) is 1.62. The normalized spacial score (nSPS) is 17.6. The highest BCUT2D eigenvalue weighted by Crippen LogP contribution is 2.20. The van der Waals surface area contributed by atoms with E-state index in [4.69, 9.17) is 0 Å². The molecule has 104 valence electrons. The van der Waals surface area contributed by atoms with Gasteiger partial charge in [0.25, 0.3) is 0 Å². The number of likely N-dealkylation sites (tertiary alicyclic amines) is 1. The molecule has 19 heavy (non-hydrogen) atoms. The first-order valence-corrected chi connectivity index (χ1v) is 6.10. The SMILES string of the molecule is O=C(O)C(Cc1ccc(F)c(F)c1F)N1CCCC1. The number of nitrogens with zero attached hydrogens (tertiary/aromatic N) is 1. The van der Waals surface area contributed by atoms with Gasteiger partial charge >= 0.3 is 5.97 Å². The van der Waals surface area contributed by atoms with Gasteiger partial charge in [-0.1, -0.05) is 6.07 Å². The van der Waals surface area contributed by atoms with Gasteiger partial charge in [0, 0.05) is 6.42 Å². The van der Waals surface area contributed by atoms with Crippen molar-refractivity contribution in [2.24, 2.45) is 0 Å². The molecule has 0 bridgehead atoms. The van der Waals surface area contributed by atoms with Crippen LogP contribution in [-0.4, -0.2) is 35.1 Å². The molecule has 1 aromatic rings. The minimum absolute atomic E-state index is 0.113. The van der Waals surface area contributed by atoms with Gasteiger partial charge in [-0.2, -0.15) is 0 Å². The lowest BCUT2D eigenvalue weighted by atomic mass is 10.0. The summed E-state index contributed by atoms with van der Waals surface area (Å²) in [5, 5.41) is 9.18. The zero-order valence-electron chi connectivity index (χ0n) is 10.2. The molecule has 1 aliphatic rings. The fourth-order valence-electron chi connectivity index (χ4n) is 2.36. The molecular weight excluding hydrogens is 259 g/mol. The van der Waals surface area contributed by atoms with Crippen LogP contribution in [0.25, 0.3) is 0 Å². The van der Waals surface area contributed by atoms with E-state index in [1.807, 2.05) is 0 Å². The average molecular weight is 273 g/mol. The smallest absolute Gasteiger partial charge is 0.321 e. The number of benzene rings is 1. The summed E-state index contributed by atoms with van der Waals surface area (Å²) in [7, 11) is 0. The summed E-state index contributed by atoms with van der Waals surface area (Å²) in [5.41, 5.74) is -0.113. The first-order chi connectivity index (χ1) is 9.00. The quantitative estimate of drug-likeness (QED) is 0.855. The maximum Gasteiger partial charge on any atom is 0.321 e. The summed E-state index contributed by atoms with van der Waals surface area (Å²) in [6, 6.07) is 1.01. The van der Waals surface area contributed by atoms with E-state index in [2.05, 4.69) is 0 Å². The lowest BCUT2D eigenvalue weighted by Crippen LogP contribution is -2.41. The molecular formula is C13H14F3NO2. The minimum Gasteiger partial charge on any atom is -0.480 e. The Hall–Kier alpha value is -1.56. The molecule has 0 saturated carbocycles. The van der Waals surface area contributed by atoms with Crippen molar-refractivity contribution in [2.45, 2.75) is 25.3 Å². The summed E-state index contributed by atoms with van der Waals surface area (Å²) in [4.78, 5) is 12.9. The molecule has 1 aromatic carbocycles. The van der Waals surface area contributed by atoms with Crippen molar-refractivity contribution in [1.29, 1.82) is 0 Å². The van der Waals surface area contributed by atoms with Crippen molar-refractivity contribution in [2.75, 3.05) is 13.1 Å². The van der Waals surface area contributed by atoms with Crippen LogP contribution in [0.3, 0.4) is 0 Å². The van der Waals surface area contributed by atoms with Gasteiger partial charge in [-0.05, 0) is 37.6 Å². The number of hydrogen-bond acceptors (Lipinski definition) is 2. The lowest BCUT2D eigenvalue weighted by molar-refractivity contribution is -0.142. The molecule has 1 atom stereocenters. The highest BCUT2D eigenvalue weighted by atomic mass is 19.2. The van der Waals surface area contributed by atoms with Crippen LogP contribution in [0.15, 0.2) is 12.1 Å². The number of halogens is 3. The van der Waals surface area contributed by atoms with E-state index in [0.717, 1.165) is 25.0 Å². The second-order valence-electron chi connectivity index (χ2n) is 4.64. The van der Waals surface area contributed by atoms with Crippen LogP contribution < -0.4 is 0 Å². The van der Waals surface area contributed by atoms with Crippen molar-refractivity contribution in [3.8, 4) is 0 Å². The molecule has 1 saturated heterocycles. The van der Waals surface area contributed by atoms with Crippen LogP contribution in [0.2, 0.25) is 0 Å². The van der Waals surface area contributed by atoms with Crippen molar-refractivity contribution >= 4 is 5.97 Å². The number of carbonyl (C=O) groups is 1. The number of carboxylic acid groups (broad SMARTS) is 1. The number of aliphatic carboxylic acids is 1. The molecule has 6 heteroatoms. The zero-order chi connectivity index (χ0) is 14.0. The Kier molecular flexibility index (Phi) is 4.09. The molecule has 1 N–H and O–H groups in total. The van der Waals surface area contributed by atoms with Gasteiger partial charge in [0.05, 0.1) is 0 Å². The average Bonchev–Trinajstić information content (AvgIpc) is 2.88. The molecule has 2 rings (SSSR count). The highest BCUT2D eigenvalue weighted by molar-refractivity contribution is 5.74. The van der Waals surface area contributed by atoms with Crippen LogP contribution >= 0.6 is 0 Å². The molecule has 3 nitrogen and oxygen atoms in total. The van der Waals surface area contributed by atoms with E-state index in [-0.39, 0.29) is 12.0 Å². The summed E-state index contributed by atoms with van der Waals surface area (Å²) in [6.45, 7) is 1.25. The van der Waals surface area contributed by atoms with Gasteiger partial charge < -0.3 is 5.11 Å². The van der Waals surface area contributed by atoms with Crippen LogP contribution in [0.1, 0.15) is 18.4 Å². The van der Waals surface area contributed by atoms with Gasteiger partial charge in [-0.15, -0.1) is 0 Å². The second kappa shape index (κ2) is 5.61. The Morgan fingerprint density at radius 1 is 1.21 bits per heavy atom. The van der Waals surface area contributed by atoms with Crippen molar-refractivity contribution in [3.05, 3.63) is 35.1 Å². The maximum absolute atomic E-state index is 13.5. The van der Waals surface area contributed by atoms with Crippen molar-refractivity contribution < 1.29 is 23.1 Å². The van der Waals surface area contributed by atoms with E-state index in [1.165, 1.54) is 0 Å². The Bertz CT molecular complexity index is 487. The minimum atomic E-state index is -1.55. The lowest BCUT2D eigenvalue weighted by Gasteiger charge is -2.23. The van der Waals surface area contributed by atoms with Gasteiger partial charge in [-0.3, -0.25) is 9.69 Å². The van der Waals surface area contributed by atoms with Crippen LogP contribution in [0.4, 0.5) is 13.2 Å². The monoisotopic (exact) mass is 273 g/mol. The fourth-order valence-corrected chi connectivity index (χ4v) is 2.36. The second-order valence-corrected chi connectivity index (χ2v) is 4.64. The van der Waals surface area contributed by atoms with E-state index in [0.29, 0.717) is 13.1 Å². The van der Waals surface area contributed by atoms with E-state index in [1.54, 1.807) is 4.90 Å². The molecule has 0 aromatic heterocycles. The van der Waals surface area contributed by atoms with E-state index >= 15 is 0 Å². The Labute approximate surface area is 108 Å². The molecule has 0 spiro atoms. The highest BCUT2D eigenvalue weighted by Gasteiger charge is 2.29. The van der Waals surface area contributed by atoms with Crippen molar-refractivity contribution in [3.63, 3.8) is 0 Å². The first-order valence-electron chi connectivity index (χ1n) is 6.10. The third-order valence-electron chi connectivity index (χ3n) is 3.39. The van der Waals surface area contributed by atoms with Crippen LogP contribution in [0, 0.1) is 17.5 Å². The molecule has 0 aliphatic carbocycles. The third kappa shape index (κ3) is 2.89. The Morgan fingerprint density at radius 3 is 2.42 bits per heavy atom. The number of carboxylic acids is 1. The number of rotatable bonds is 4. The predicted molar refractivity (Wildman–Crippen MR) is 62.3 cm³/mol. The zero-order valence-corrected chi connectivity index (χ0v) is 10.2. The van der Waals surface area contributed by atoms with Crippen LogP contribution in [-0.2, 0) is 11.2 Å². The van der Waals surface area contributed by atoms with Gasteiger partial charge in [-0.25, -0.2) is 13.2 Å². The van der Waals surface area contributed by atoms with Gasteiger partial charge in [0.15, 0.2) is 17.5 Å². The summed E-state index contributed by atoms with van der Waals surface area (Å²) in [5.74, 6) is -5.20. The third-order valence-corrected chi connectivity index (χ3v) is 3.39. The topological polar surface area (TPSA) is 40.5 Å². The standard InChI is InChI=1S/C13H14F3NO2/c14-9-4-3-8(11(15)12(9)16)7-10(13(18)19)17-5-1-2-6-17/h3-4,10H,1-2,5-7H2,(H,18,19). The number of hydrogen-bond donors (Lipinski definition) is 1. The van der Waals surface area contributed by atoms with Gasteiger partial charge in [0.1, 0.15) is 6.04 Å². The molecule has 0 radical (unpaired) electrons. The summed E-state index contributed by atoms with van der Waals surface area (Å²) < 4.78 is 39.5. The Balaban J connectivity index is 2.22. The van der Waals surface area contributed by atoms with E-state index in [9.17, 15) is 23.1 Å². The van der Waals surface area contributed by atoms with Gasteiger partial charge in [0.2, 0.25) is 0 Å². The summed E-state index contributed by atoms with van der Waals surface area (Å²) >= 11 is 0. The largest absolute Gasteiger partial charge is 0.480 e. The molecule has 1 heterocycles. The van der Waals surface area contributed by atoms with Crippen LogP contribution in [0.5, 0.6) is 0 Å². The molecule has 1 aliphatic heterocycles. The fraction of sp³-hybridized carbons (Fsp3) is 0.462. The first kappa shape index (κ1) is 13.9. The van der Waals surface area contributed by atoms with Crippen molar-refractivity contribution in [1.82, 2.24) is 4.90 Å². The van der Waals surface area contributed by atoms with E-state index < -0.39 is 29.5 Å². The predicted octanol–water partition coefficient (Wildman–Crippen LogP) is 2.20. The maximum atomic E-state index is 13.5. The molecule has 1 fully saturated rings. The Morgan fingerprint density at radius 2 is 1.84 bits per heavy atom. The molecule has 0 amide bonds. The molecule has 1 unspecified atom stereocenters.